The molecule has 6 heteroatoms. The Balaban J connectivity index is 2.50. The Morgan fingerprint density at radius 1 is 1.57 bits per heavy atom. The highest BCUT2D eigenvalue weighted by Gasteiger charge is 2.07. The van der Waals surface area contributed by atoms with Crippen molar-refractivity contribution >= 4 is 22.8 Å². The zero-order chi connectivity index (χ0) is 9.97. The first-order valence-electron chi connectivity index (χ1n) is 3.95. The zero-order valence-electron chi connectivity index (χ0n) is 7.51. The van der Waals surface area contributed by atoms with Crippen molar-refractivity contribution in [3.63, 3.8) is 0 Å². The molecule has 70 valence electrons. The summed E-state index contributed by atoms with van der Waals surface area (Å²) in [5.74, 6) is 0.390. The monoisotopic (exact) mass is 205 g/mol. The normalized spacial score (nSPS) is 10.3. The van der Waals surface area contributed by atoms with E-state index in [4.69, 9.17) is 5.26 Å². The van der Waals surface area contributed by atoms with E-state index >= 15 is 0 Å². The maximum Gasteiger partial charge on any atom is 0.162 e. The van der Waals surface area contributed by atoms with Gasteiger partial charge in [0.15, 0.2) is 5.65 Å². The summed E-state index contributed by atoms with van der Waals surface area (Å²) in [6.07, 6.45) is 3.21. The van der Waals surface area contributed by atoms with Crippen molar-refractivity contribution < 1.29 is 0 Å². The first-order chi connectivity index (χ1) is 6.83. The second-order valence-corrected chi connectivity index (χ2v) is 3.60. The molecule has 0 saturated heterocycles. The van der Waals surface area contributed by atoms with E-state index in [1.165, 1.54) is 18.1 Å². The molecule has 2 aromatic rings. The first kappa shape index (κ1) is 8.97. The number of nitrogens with zero attached hydrogens (tertiary/aromatic N) is 5. The minimum Gasteiger partial charge on any atom is -0.250 e. The summed E-state index contributed by atoms with van der Waals surface area (Å²) in [6.45, 7) is 0. The molecule has 2 heterocycles. The summed E-state index contributed by atoms with van der Waals surface area (Å²) in [7, 11) is 1.83. The van der Waals surface area contributed by atoms with Crippen LogP contribution in [0.25, 0.3) is 11.0 Å². The molecule has 0 spiro atoms. The fraction of sp³-hybridized carbons (Fsp3) is 0.250. The average Bonchev–Trinajstić information content (AvgIpc) is 2.58. The lowest BCUT2D eigenvalue weighted by molar-refractivity contribution is 0.784. The van der Waals surface area contributed by atoms with Gasteiger partial charge in [0.1, 0.15) is 11.4 Å². The highest BCUT2D eigenvalue weighted by molar-refractivity contribution is 7.99. The van der Waals surface area contributed by atoms with Gasteiger partial charge in [-0.1, -0.05) is 11.8 Å². The topological polar surface area (TPSA) is 67.4 Å². The van der Waals surface area contributed by atoms with E-state index in [1.807, 2.05) is 7.05 Å². The lowest BCUT2D eigenvalue weighted by atomic mass is 10.4. The van der Waals surface area contributed by atoms with Gasteiger partial charge in [0.2, 0.25) is 0 Å². The highest BCUT2D eigenvalue weighted by Crippen LogP contribution is 2.22. The van der Waals surface area contributed by atoms with Crippen LogP contribution in [0.5, 0.6) is 0 Å². The van der Waals surface area contributed by atoms with Crippen molar-refractivity contribution in [1.29, 1.82) is 5.26 Å². The van der Waals surface area contributed by atoms with Gasteiger partial charge in [0.25, 0.3) is 0 Å². The predicted octanol–water partition coefficient (Wildman–Crippen LogP) is 0.979. The third-order valence-electron chi connectivity index (χ3n) is 1.77. The molecular weight excluding hydrogens is 198 g/mol. The molecule has 0 aromatic carbocycles. The minimum absolute atomic E-state index is 0.390. The van der Waals surface area contributed by atoms with Crippen molar-refractivity contribution in [2.45, 2.75) is 5.03 Å². The number of fused-ring (bicyclic) bond motifs is 1. The van der Waals surface area contributed by atoms with Crippen LogP contribution in [0.3, 0.4) is 0 Å². The number of hydrogen-bond acceptors (Lipinski definition) is 5. The van der Waals surface area contributed by atoms with Crippen LogP contribution < -0.4 is 0 Å². The number of thioether (sulfide) groups is 1. The summed E-state index contributed by atoms with van der Waals surface area (Å²) < 4.78 is 1.69. The number of aryl methyl sites for hydroxylation is 1. The quantitative estimate of drug-likeness (QED) is 0.540. The predicted molar refractivity (Wildman–Crippen MR) is 52.6 cm³/mol. The fourth-order valence-electron chi connectivity index (χ4n) is 1.16. The summed E-state index contributed by atoms with van der Waals surface area (Å²) >= 11 is 1.40. The van der Waals surface area contributed by atoms with Crippen LogP contribution in [-0.4, -0.2) is 25.5 Å². The Kier molecular flexibility index (Phi) is 2.33. The molecule has 2 aromatic heterocycles. The van der Waals surface area contributed by atoms with Gasteiger partial charge < -0.3 is 0 Å². The van der Waals surface area contributed by atoms with Crippen molar-refractivity contribution in [3.05, 3.63) is 12.5 Å². The molecule has 0 bridgehead atoms. The molecule has 0 aliphatic rings. The Hall–Kier alpha value is -1.61. The Labute approximate surface area is 84.8 Å². The standard InChI is InChI=1S/C8H7N5S/c1-13-7-6(4-12-13)8(11-5-10-7)14-3-2-9/h4-5H,3H2,1H3. The molecule has 2 rings (SSSR count). The van der Waals surface area contributed by atoms with E-state index in [0.29, 0.717) is 5.75 Å². The molecular formula is C8H7N5S. The fourth-order valence-corrected chi connectivity index (χ4v) is 1.78. The molecule has 0 amide bonds. The van der Waals surface area contributed by atoms with Gasteiger partial charge >= 0.3 is 0 Å². The van der Waals surface area contributed by atoms with E-state index in [1.54, 1.807) is 10.9 Å². The summed E-state index contributed by atoms with van der Waals surface area (Å²) in [4.78, 5) is 8.21. The molecule has 14 heavy (non-hydrogen) atoms. The van der Waals surface area contributed by atoms with Gasteiger partial charge in [-0.25, -0.2) is 9.97 Å². The van der Waals surface area contributed by atoms with Gasteiger partial charge in [-0.05, 0) is 0 Å². The average molecular weight is 205 g/mol. The molecule has 0 aliphatic heterocycles. The molecule has 0 atom stereocenters. The van der Waals surface area contributed by atoms with E-state index in [9.17, 15) is 0 Å². The van der Waals surface area contributed by atoms with Gasteiger partial charge in [-0.15, -0.1) is 0 Å². The van der Waals surface area contributed by atoms with Gasteiger partial charge in [0, 0.05) is 7.05 Å². The van der Waals surface area contributed by atoms with Crippen LogP contribution in [0.2, 0.25) is 0 Å². The van der Waals surface area contributed by atoms with Crippen molar-refractivity contribution in [2.75, 3.05) is 5.75 Å². The van der Waals surface area contributed by atoms with Crippen molar-refractivity contribution in [1.82, 2.24) is 19.7 Å². The van der Waals surface area contributed by atoms with E-state index in [-0.39, 0.29) is 0 Å². The molecule has 5 nitrogen and oxygen atoms in total. The van der Waals surface area contributed by atoms with Crippen LogP contribution in [0, 0.1) is 11.3 Å². The molecule has 0 saturated carbocycles. The smallest absolute Gasteiger partial charge is 0.162 e. The largest absolute Gasteiger partial charge is 0.250 e. The number of hydrogen-bond donors (Lipinski definition) is 0. The molecule has 0 fully saturated rings. The minimum atomic E-state index is 0.390. The maximum atomic E-state index is 8.47. The second-order valence-electron chi connectivity index (χ2n) is 2.63. The third kappa shape index (κ3) is 1.42. The summed E-state index contributed by atoms with van der Waals surface area (Å²) in [5, 5.41) is 14.3. The SMILES string of the molecule is Cn1ncc2c(SCC#N)ncnc21. The Morgan fingerprint density at radius 2 is 2.43 bits per heavy atom. The molecule has 0 radical (unpaired) electrons. The zero-order valence-corrected chi connectivity index (χ0v) is 8.32. The second kappa shape index (κ2) is 3.64. The van der Waals surface area contributed by atoms with Crippen molar-refractivity contribution in [3.8, 4) is 6.07 Å². The third-order valence-corrected chi connectivity index (χ3v) is 2.64. The van der Waals surface area contributed by atoms with Crippen LogP contribution in [0.4, 0.5) is 0 Å². The molecule has 0 N–H and O–H groups in total. The van der Waals surface area contributed by atoms with E-state index in [0.717, 1.165) is 16.1 Å². The number of rotatable bonds is 2. The molecule has 0 aliphatic carbocycles. The summed E-state index contributed by atoms with van der Waals surface area (Å²) in [6, 6.07) is 2.06. The number of aromatic nitrogens is 4. The van der Waals surface area contributed by atoms with Gasteiger partial charge in [-0.3, -0.25) is 4.68 Å². The maximum absolute atomic E-state index is 8.47. The Morgan fingerprint density at radius 3 is 3.21 bits per heavy atom. The van der Waals surface area contributed by atoms with Crippen LogP contribution in [-0.2, 0) is 7.05 Å². The summed E-state index contributed by atoms with van der Waals surface area (Å²) in [5.41, 5.74) is 0.792. The van der Waals surface area contributed by atoms with Crippen LogP contribution in [0.1, 0.15) is 0 Å². The van der Waals surface area contributed by atoms with Crippen molar-refractivity contribution in [2.24, 2.45) is 7.05 Å². The first-order valence-corrected chi connectivity index (χ1v) is 4.94. The van der Waals surface area contributed by atoms with Gasteiger partial charge in [-0.2, -0.15) is 10.4 Å². The molecule has 0 unspecified atom stereocenters. The van der Waals surface area contributed by atoms with Gasteiger partial charge in [0.05, 0.1) is 23.4 Å². The lowest BCUT2D eigenvalue weighted by Crippen LogP contribution is -1.92. The number of nitriles is 1. The lowest BCUT2D eigenvalue weighted by Gasteiger charge is -1.97. The Bertz CT molecular complexity index is 498. The van der Waals surface area contributed by atoms with Crippen LogP contribution >= 0.6 is 11.8 Å². The van der Waals surface area contributed by atoms with E-state index < -0.39 is 0 Å². The van der Waals surface area contributed by atoms with Crippen LogP contribution in [0.15, 0.2) is 17.6 Å². The highest BCUT2D eigenvalue weighted by atomic mass is 32.2. The van der Waals surface area contributed by atoms with E-state index in [2.05, 4.69) is 21.1 Å².